The van der Waals surface area contributed by atoms with E-state index in [1.165, 1.54) is 6.08 Å². The molecule has 0 atom stereocenters. The lowest BCUT2D eigenvalue weighted by molar-refractivity contribution is -0.115. The molecule has 0 saturated carbocycles. The predicted octanol–water partition coefficient (Wildman–Crippen LogP) is 6.18. The van der Waals surface area contributed by atoms with Gasteiger partial charge in [-0.25, -0.2) is 0 Å². The first-order chi connectivity index (χ1) is 14.5. The fourth-order valence-corrected chi connectivity index (χ4v) is 3.30. The number of benzene rings is 2. The maximum atomic E-state index is 12.2. The average molecular weight is 461 g/mol. The molecule has 0 aliphatic rings. The Morgan fingerprint density at radius 1 is 1.17 bits per heavy atom. The number of amides is 1. The number of furan rings is 1. The van der Waals surface area contributed by atoms with Crippen LogP contribution in [0.3, 0.4) is 0 Å². The third kappa shape index (κ3) is 5.86. The number of para-hydroxylation sites is 2. The zero-order valence-electron chi connectivity index (χ0n) is 15.9. The maximum Gasteiger partial charge on any atom is 0.250 e. The maximum absolute atomic E-state index is 12.2. The molecule has 0 aliphatic carbocycles. The van der Waals surface area contributed by atoms with Gasteiger partial charge in [-0.15, -0.1) is 0 Å². The minimum absolute atomic E-state index is 0.157. The molecule has 0 aliphatic heterocycles. The molecule has 0 radical (unpaired) electrons. The van der Waals surface area contributed by atoms with E-state index in [1.807, 2.05) is 31.2 Å². The summed E-state index contributed by atoms with van der Waals surface area (Å²) in [6.07, 6.45) is 2.87. The van der Waals surface area contributed by atoms with Gasteiger partial charge in [0.1, 0.15) is 17.3 Å². The molecule has 154 valence electrons. The second-order valence-corrected chi connectivity index (χ2v) is 7.28. The molecule has 5 nitrogen and oxygen atoms in total. The highest BCUT2D eigenvalue weighted by molar-refractivity contribution is 7.80. The molecule has 2 N–H and O–H groups in total. The van der Waals surface area contributed by atoms with Gasteiger partial charge in [0.15, 0.2) is 5.11 Å². The Hall–Kier alpha value is -2.80. The number of carbonyl (C=O) groups is 1. The summed E-state index contributed by atoms with van der Waals surface area (Å²) in [6, 6.07) is 16.0. The molecule has 1 heterocycles. The SMILES string of the molecule is CCOc1ccccc1NC(=S)NC(=O)/C=C/c1ccc(-c2ccc(Cl)cc2Cl)o1. The van der Waals surface area contributed by atoms with Gasteiger partial charge >= 0.3 is 0 Å². The highest BCUT2D eigenvalue weighted by atomic mass is 35.5. The zero-order valence-corrected chi connectivity index (χ0v) is 18.3. The van der Waals surface area contributed by atoms with Crippen LogP contribution in [-0.2, 0) is 4.79 Å². The van der Waals surface area contributed by atoms with Gasteiger partial charge < -0.3 is 14.5 Å². The van der Waals surface area contributed by atoms with Crippen molar-refractivity contribution in [2.75, 3.05) is 11.9 Å². The van der Waals surface area contributed by atoms with Crippen LogP contribution in [0.4, 0.5) is 5.69 Å². The fraction of sp³-hybridized carbons (Fsp3) is 0.0909. The van der Waals surface area contributed by atoms with Crippen molar-refractivity contribution in [2.45, 2.75) is 6.92 Å². The van der Waals surface area contributed by atoms with Crippen LogP contribution >= 0.6 is 35.4 Å². The normalized spacial score (nSPS) is 10.8. The molecule has 3 aromatic rings. The van der Waals surface area contributed by atoms with E-state index >= 15 is 0 Å². The Kier molecular flexibility index (Phi) is 7.52. The monoisotopic (exact) mass is 460 g/mol. The van der Waals surface area contributed by atoms with Gasteiger partial charge in [0, 0.05) is 16.7 Å². The molecule has 3 rings (SSSR count). The van der Waals surface area contributed by atoms with Gasteiger partial charge in [0.05, 0.1) is 17.3 Å². The van der Waals surface area contributed by atoms with Crippen LogP contribution in [0.25, 0.3) is 17.4 Å². The van der Waals surface area contributed by atoms with E-state index in [1.54, 1.807) is 36.4 Å². The van der Waals surface area contributed by atoms with Crippen molar-refractivity contribution < 1.29 is 13.9 Å². The Morgan fingerprint density at radius 2 is 1.97 bits per heavy atom. The predicted molar refractivity (Wildman–Crippen MR) is 125 cm³/mol. The molecule has 8 heteroatoms. The molecular formula is C22H18Cl2N2O3S. The first-order valence-corrected chi connectivity index (χ1v) is 10.2. The number of ether oxygens (including phenoxy) is 1. The van der Waals surface area contributed by atoms with Crippen molar-refractivity contribution in [2.24, 2.45) is 0 Å². The van der Waals surface area contributed by atoms with Gasteiger partial charge in [-0.2, -0.15) is 0 Å². The van der Waals surface area contributed by atoms with Crippen molar-refractivity contribution in [3.8, 4) is 17.1 Å². The van der Waals surface area contributed by atoms with E-state index < -0.39 is 5.91 Å². The average Bonchev–Trinajstić information content (AvgIpc) is 3.17. The van der Waals surface area contributed by atoms with Crippen molar-refractivity contribution in [1.29, 1.82) is 0 Å². The molecule has 0 bridgehead atoms. The summed E-state index contributed by atoms with van der Waals surface area (Å²) >= 11 is 17.3. The lowest BCUT2D eigenvalue weighted by Gasteiger charge is -2.12. The van der Waals surface area contributed by atoms with Gasteiger partial charge in [0.2, 0.25) is 5.91 Å². The van der Waals surface area contributed by atoms with E-state index in [2.05, 4.69) is 10.6 Å². The minimum atomic E-state index is -0.399. The summed E-state index contributed by atoms with van der Waals surface area (Å²) in [5.74, 6) is 1.31. The summed E-state index contributed by atoms with van der Waals surface area (Å²) in [7, 11) is 0. The number of hydrogen-bond acceptors (Lipinski definition) is 4. The number of nitrogens with one attached hydrogen (secondary N) is 2. The zero-order chi connectivity index (χ0) is 21.5. The summed E-state index contributed by atoms with van der Waals surface area (Å²) in [6.45, 7) is 2.41. The van der Waals surface area contributed by atoms with Gasteiger partial charge in [-0.05, 0) is 67.7 Å². The van der Waals surface area contributed by atoms with Crippen LogP contribution in [-0.4, -0.2) is 17.6 Å². The van der Waals surface area contributed by atoms with E-state index in [0.717, 1.165) is 0 Å². The topological polar surface area (TPSA) is 63.5 Å². The molecule has 1 aromatic heterocycles. The van der Waals surface area contributed by atoms with Crippen LogP contribution in [0.5, 0.6) is 5.75 Å². The fourth-order valence-electron chi connectivity index (χ4n) is 2.59. The summed E-state index contributed by atoms with van der Waals surface area (Å²) < 4.78 is 11.2. The number of halogens is 2. The molecule has 0 spiro atoms. The van der Waals surface area contributed by atoms with Crippen molar-refractivity contribution >= 4 is 58.2 Å². The summed E-state index contributed by atoms with van der Waals surface area (Å²) in [5.41, 5.74) is 1.38. The lowest BCUT2D eigenvalue weighted by atomic mass is 10.2. The molecule has 30 heavy (non-hydrogen) atoms. The molecule has 1 amide bonds. The largest absolute Gasteiger partial charge is 0.492 e. The standard InChI is InChI=1S/C22H18Cl2N2O3S/c1-2-28-20-6-4-3-5-18(20)25-22(30)26-21(27)12-9-15-8-11-19(29-15)16-10-7-14(23)13-17(16)24/h3-13H,2H2,1H3,(H2,25,26,27,30)/b12-9+. The molecule has 0 saturated heterocycles. The van der Waals surface area contributed by atoms with E-state index in [4.69, 9.17) is 44.6 Å². The Balaban J connectivity index is 1.60. The lowest BCUT2D eigenvalue weighted by Crippen LogP contribution is -2.32. The van der Waals surface area contributed by atoms with E-state index in [9.17, 15) is 4.79 Å². The number of carbonyl (C=O) groups excluding carboxylic acids is 1. The van der Waals surface area contributed by atoms with Crippen LogP contribution in [0.15, 0.2) is 65.1 Å². The Labute approximate surface area is 189 Å². The van der Waals surface area contributed by atoms with Gasteiger partial charge in [-0.1, -0.05) is 35.3 Å². The molecule has 0 unspecified atom stereocenters. The van der Waals surface area contributed by atoms with Crippen molar-refractivity contribution in [3.05, 3.63) is 76.5 Å². The smallest absolute Gasteiger partial charge is 0.250 e. The molecular weight excluding hydrogens is 443 g/mol. The molecule has 0 fully saturated rings. The van der Waals surface area contributed by atoms with Crippen LogP contribution in [0.1, 0.15) is 12.7 Å². The summed E-state index contributed by atoms with van der Waals surface area (Å²) in [4.78, 5) is 12.2. The highest BCUT2D eigenvalue weighted by Crippen LogP contribution is 2.31. The number of rotatable bonds is 6. The summed E-state index contributed by atoms with van der Waals surface area (Å²) in [5, 5.41) is 6.72. The van der Waals surface area contributed by atoms with Gasteiger partial charge in [-0.3, -0.25) is 10.1 Å². The first kappa shape index (κ1) is 21.9. The van der Waals surface area contributed by atoms with Crippen LogP contribution in [0.2, 0.25) is 10.0 Å². The van der Waals surface area contributed by atoms with Crippen molar-refractivity contribution in [3.63, 3.8) is 0 Å². The number of thiocarbonyl (C=S) groups is 1. The van der Waals surface area contributed by atoms with E-state index in [0.29, 0.717) is 45.2 Å². The quantitative estimate of drug-likeness (QED) is 0.339. The third-order valence-corrected chi connectivity index (χ3v) is 4.65. The van der Waals surface area contributed by atoms with Gasteiger partial charge in [0.25, 0.3) is 0 Å². The van der Waals surface area contributed by atoms with E-state index in [-0.39, 0.29) is 5.11 Å². The minimum Gasteiger partial charge on any atom is -0.492 e. The Morgan fingerprint density at radius 3 is 2.73 bits per heavy atom. The van der Waals surface area contributed by atoms with Crippen LogP contribution < -0.4 is 15.4 Å². The second kappa shape index (κ2) is 10.3. The van der Waals surface area contributed by atoms with Crippen LogP contribution in [0, 0.1) is 0 Å². The second-order valence-electron chi connectivity index (χ2n) is 6.03. The number of anilines is 1. The first-order valence-electron chi connectivity index (χ1n) is 9.03. The Bertz CT molecular complexity index is 1100. The van der Waals surface area contributed by atoms with Crippen molar-refractivity contribution in [1.82, 2.24) is 5.32 Å². The highest BCUT2D eigenvalue weighted by Gasteiger charge is 2.09. The molecule has 2 aromatic carbocycles. The number of hydrogen-bond donors (Lipinski definition) is 2. The third-order valence-electron chi connectivity index (χ3n) is 3.89.